The zero-order chi connectivity index (χ0) is 14.5. The molecule has 0 atom stereocenters. The predicted octanol–water partition coefficient (Wildman–Crippen LogP) is 4.06. The number of rotatable bonds is 5. The molecule has 0 fully saturated rings. The Hall–Kier alpha value is -1.74. The van der Waals surface area contributed by atoms with E-state index in [2.05, 4.69) is 10.3 Å². The minimum atomic E-state index is 0.519. The van der Waals surface area contributed by atoms with Crippen molar-refractivity contribution in [3.8, 4) is 5.75 Å². The number of nitrogens with one attached hydrogen (secondary N) is 1. The summed E-state index contributed by atoms with van der Waals surface area (Å²) >= 11 is 5.84. The van der Waals surface area contributed by atoms with Gasteiger partial charge >= 0.3 is 0 Å². The average Bonchev–Trinajstić information content (AvgIpc) is 2.47. The van der Waals surface area contributed by atoms with Crippen LogP contribution in [0.3, 0.4) is 0 Å². The van der Waals surface area contributed by atoms with Crippen molar-refractivity contribution in [1.29, 1.82) is 0 Å². The third-order valence-electron chi connectivity index (χ3n) is 3.29. The summed E-state index contributed by atoms with van der Waals surface area (Å²) in [4.78, 5) is 4.48. The number of nitrogens with zero attached hydrogens (tertiary/aromatic N) is 1. The van der Waals surface area contributed by atoms with Crippen LogP contribution in [-0.2, 0) is 12.4 Å². The van der Waals surface area contributed by atoms with Gasteiger partial charge in [0.2, 0.25) is 0 Å². The smallest absolute Gasteiger partial charge is 0.128 e. The Balaban J connectivity index is 2.14. The molecule has 20 heavy (non-hydrogen) atoms. The first-order valence-electron chi connectivity index (χ1n) is 6.53. The number of alkyl halides is 1. The highest BCUT2D eigenvalue weighted by molar-refractivity contribution is 6.17. The van der Waals surface area contributed by atoms with Gasteiger partial charge in [0, 0.05) is 28.9 Å². The van der Waals surface area contributed by atoms with Crippen molar-refractivity contribution in [3.05, 3.63) is 52.8 Å². The summed E-state index contributed by atoms with van der Waals surface area (Å²) in [5, 5.41) is 3.37. The van der Waals surface area contributed by atoms with E-state index >= 15 is 0 Å². The second-order valence-electron chi connectivity index (χ2n) is 4.73. The number of aryl methyl sites for hydroxylation is 1. The quantitative estimate of drug-likeness (QED) is 0.843. The third-order valence-corrected chi connectivity index (χ3v) is 3.60. The van der Waals surface area contributed by atoms with E-state index in [1.165, 1.54) is 0 Å². The van der Waals surface area contributed by atoms with Crippen LogP contribution in [0.1, 0.15) is 22.4 Å². The molecule has 0 spiro atoms. The molecule has 0 bridgehead atoms. The van der Waals surface area contributed by atoms with Gasteiger partial charge < -0.3 is 10.1 Å². The Bertz CT molecular complexity index is 599. The lowest BCUT2D eigenvalue weighted by Crippen LogP contribution is -2.06. The van der Waals surface area contributed by atoms with Gasteiger partial charge in [-0.2, -0.15) is 0 Å². The first-order chi connectivity index (χ1) is 9.65. The summed E-state index contributed by atoms with van der Waals surface area (Å²) in [6.07, 6.45) is 1.85. The van der Waals surface area contributed by atoms with E-state index in [1.807, 2.05) is 44.3 Å². The summed E-state index contributed by atoms with van der Waals surface area (Å²) in [7, 11) is 1.69. The van der Waals surface area contributed by atoms with Crippen LogP contribution >= 0.6 is 11.6 Å². The molecule has 0 radical (unpaired) electrons. The molecular weight excluding hydrogens is 272 g/mol. The fraction of sp³-hybridized carbons (Fsp3) is 0.312. The number of hydrogen-bond acceptors (Lipinski definition) is 3. The SMILES string of the molecule is COc1c(C)cnc(CNc2cccc(CCl)c2)c1C. The van der Waals surface area contributed by atoms with Crippen molar-refractivity contribution in [2.45, 2.75) is 26.3 Å². The van der Waals surface area contributed by atoms with Crippen LogP contribution in [0.5, 0.6) is 5.75 Å². The number of halogens is 1. The molecule has 0 amide bonds. The Morgan fingerprint density at radius 1 is 1.30 bits per heavy atom. The van der Waals surface area contributed by atoms with Crippen LogP contribution in [0.2, 0.25) is 0 Å². The number of aromatic nitrogens is 1. The third kappa shape index (κ3) is 3.23. The van der Waals surface area contributed by atoms with Crippen molar-refractivity contribution in [2.75, 3.05) is 12.4 Å². The lowest BCUT2D eigenvalue weighted by molar-refractivity contribution is 0.407. The second kappa shape index (κ2) is 6.62. The van der Waals surface area contributed by atoms with Gasteiger partial charge in [0.1, 0.15) is 5.75 Å². The first kappa shape index (κ1) is 14.7. The molecule has 3 nitrogen and oxygen atoms in total. The summed E-state index contributed by atoms with van der Waals surface area (Å²) in [5.74, 6) is 1.43. The maximum absolute atomic E-state index is 5.84. The largest absolute Gasteiger partial charge is 0.496 e. The average molecular weight is 291 g/mol. The Morgan fingerprint density at radius 3 is 2.80 bits per heavy atom. The number of hydrogen-bond donors (Lipinski definition) is 1. The molecule has 0 aliphatic heterocycles. The Kier molecular flexibility index (Phi) is 4.85. The number of benzene rings is 1. The maximum Gasteiger partial charge on any atom is 0.128 e. The molecule has 0 aliphatic rings. The highest BCUT2D eigenvalue weighted by atomic mass is 35.5. The molecule has 0 saturated heterocycles. The molecule has 0 unspecified atom stereocenters. The van der Waals surface area contributed by atoms with Gasteiger partial charge in [-0.1, -0.05) is 12.1 Å². The monoisotopic (exact) mass is 290 g/mol. The number of anilines is 1. The normalized spacial score (nSPS) is 10.4. The molecule has 1 aromatic heterocycles. The minimum Gasteiger partial charge on any atom is -0.496 e. The molecule has 1 N–H and O–H groups in total. The zero-order valence-corrected chi connectivity index (χ0v) is 12.8. The molecule has 2 aromatic rings. The number of ether oxygens (including phenoxy) is 1. The highest BCUT2D eigenvalue weighted by Gasteiger charge is 2.09. The predicted molar refractivity (Wildman–Crippen MR) is 83.6 cm³/mol. The maximum atomic E-state index is 5.84. The molecule has 4 heteroatoms. The Morgan fingerprint density at radius 2 is 2.10 bits per heavy atom. The topological polar surface area (TPSA) is 34.1 Å². The van der Waals surface area contributed by atoms with Gasteiger partial charge in [-0.25, -0.2) is 0 Å². The first-order valence-corrected chi connectivity index (χ1v) is 7.07. The summed E-state index contributed by atoms with van der Waals surface area (Å²) in [6, 6.07) is 8.08. The van der Waals surface area contributed by atoms with Crippen molar-refractivity contribution >= 4 is 17.3 Å². The molecule has 0 saturated carbocycles. The standard InChI is InChI=1S/C16H19ClN2O/c1-11-9-19-15(12(2)16(11)20-3)10-18-14-6-4-5-13(7-14)8-17/h4-7,9,18H,8,10H2,1-3H3. The van der Waals surface area contributed by atoms with Crippen molar-refractivity contribution in [1.82, 2.24) is 4.98 Å². The van der Waals surface area contributed by atoms with Crippen LogP contribution < -0.4 is 10.1 Å². The molecular formula is C16H19ClN2O. The van der Waals surface area contributed by atoms with Gasteiger partial charge in [-0.15, -0.1) is 11.6 Å². The van der Waals surface area contributed by atoms with Crippen molar-refractivity contribution in [2.24, 2.45) is 0 Å². The van der Waals surface area contributed by atoms with E-state index in [1.54, 1.807) is 7.11 Å². The van der Waals surface area contributed by atoms with Crippen LogP contribution in [0.25, 0.3) is 0 Å². The molecule has 0 aliphatic carbocycles. The highest BCUT2D eigenvalue weighted by Crippen LogP contribution is 2.24. The van der Waals surface area contributed by atoms with Gasteiger partial charge in [0.25, 0.3) is 0 Å². The van der Waals surface area contributed by atoms with E-state index < -0.39 is 0 Å². The van der Waals surface area contributed by atoms with Crippen LogP contribution in [0.4, 0.5) is 5.69 Å². The van der Waals surface area contributed by atoms with Crippen molar-refractivity contribution in [3.63, 3.8) is 0 Å². The van der Waals surface area contributed by atoms with E-state index in [4.69, 9.17) is 16.3 Å². The molecule has 1 heterocycles. The van der Waals surface area contributed by atoms with Crippen LogP contribution in [0.15, 0.2) is 30.5 Å². The van der Waals surface area contributed by atoms with E-state index in [0.29, 0.717) is 12.4 Å². The molecule has 2 rings (SSSR count). The van der Waals surface area contributed by atoms with Gasteiger partial charge in [0.05, 0.1) is 19.3 Å². The van der Waals surface area contributed by atoms with E-state index in [-0.39, 0.29) is 0 Å². The van der Waals surface area contributed by atoms with E-state index in [9.17, 15) is 0 Å². The lowest BCUT2D eigenvalue weighted by atomic mass is 10.1. The van der Waals surface area contributed by atoms with Gasteiger partial charge in [-0.3, -0.25) is 4.98 Å². The summed E-state index contributed by atoms with van der Waals surface area (Å²) in [6.45, 7) is 4.69. The van der Waals surface area contributed by atoms with Crippen molar-refractivity contribution < 1.29 is 4.74 Å². The number of pyridine rings is 1. The minimum absolute atomic E-state index is 0.519. The Labute approximate surface area is 124 Å². The number of methoxy groups -OCH3 is 1. The summed E-state index contributed by atoms with van der Waals surface area (Å²) < 4.78 is 5.42. The van der Waals surface area contributed by atoms with Crippen LogP contribution in [0, 0.1) is 13.8 Å². The molecule has 106 valence electrons. The van der Waals surface area contributed by atoms with Gasteiger partial charge in [-0.05, 0) is 31.5 Å². The van der Waals surface area contributed by atoms with Crippen LogP contribution in [-0.4, -0.2) is 12.1 Å². The lowest BCUT2D eigenvalue weighted by Gasteiger charge is -2.13. The summed E-state index contributed by atoms with van der Waals surface area (Å²) in [5.41, 5.74) is 5.27. The zero-order valence-electron chi connectivity index (χ0n) is 12.0. The van der Waals surface area contributed by atoms with Gasteiger partial charge in [0.15, 0.2) is 0 Å². The molecule has 1 aromatic carbocycles. The second-order valence-corrected chi connectivity index (χ2v) is 5.00. The fourth-order valence-corrected chi connectivity index (χ4v) is 2.37. The fourth-order valence-electron chi connectivity index (χ4n) is 2.20. The van der Waals surface area contributed by atoms with E-state index in [0.717, 1.165) is 33.8 Å².